The number of nitrogens with one attached hydrogen (secondary N) is 3. The van der Waals surface area contributed by atoms with Gasteiger partial charge in [0.05, 0.1) is 23.0 Å². The Morgan fingerprint density at radius 2 is 1.97 bits per heavy atom. The van der Waals surface area contributed by atoms with Gasteiger partial charge in [-0.05, 0) is 31.0 Å². The first kappa shape index (κ1) is 25.0. The molecule has 1 aromatic carbocycles. The third kappa shape index (κ3) is 5.46. The molecule has 13 heteroatoms. The van der Waals surface area contributed by atoms with E-state index in [2.05, 4.69) is 25.8 Å². The van der Waals surface area contributed by atoms with Gasteiger partial charge < -0.3 is 15.6 Å². The number of hydrogen-bond donors (Lipinski definition) is 3. The number of hydrazone groups is 1. The van der Waals surface area contributed by atoms with Crippen LogP contribution in [-0.4, -0.2) is 58.3 Å². The zero-order valence-electron chi connectivity index (χ0n) is 18.2. The number of aryl methyl sites for hydroxylation is 2. The number of anilines is 2. The molecular formula is C21H22F5N7O. The number of benzene rings is 1. The van der Waals surface area contributed by atoms with Gasteiger partial charge in [0.2, 0.25) is 5.95 Å². The van der Waals surface area contributed by atoms with Gasteiger partial charge in [0.15, 0.2) is 0 Å². The highest BCUT2D eigenvalue weighted by molar-refractivity contribution is 6.14. The number of amides is 1. The first-order valence-corrected chi connectivity index (χ1v) is 10.2. The van der Waals surface area contributed by atoms with Crippen LogP contribution >= 0.6 is 0 Å². The predicted molar refractivity (Wildman–Crippen MR) is 117 cm³/mol. The lowest BCUT2D eigenvalue weighted by Gasteiger charge is -2.29. The Kier molecular flexibility index (Phi) is 7.12. The molecule has 182 valence electrons. The minimum Gasteiger partial charge on any atom is -0.352 e. The Bertz CT molecular complexity index is 1090. The van der Waals surface area contributed by atoms with E-state index in [4.69, 9.17) is 5.41 Å². The van der Waals surface area contributed by atoms with Crippen molar-refractivity contribution in [3.63, 3.8) is 0 Å². The van der Waals surface area contributed by atoms with Crippen LogP contribution in [0.4, 0.5) is 33.6 Å². The molecule has 1 amide bonds. The first-order chi connectivity index (χ1) is 15.9. The fourth-order valence-electron chi connectivity index (χ4n) is 3.65. The summed E-state index contributed by atoms with van der Waals surface area (Å²) in [6, 6.07) is 1.76. The van der Waals surface area contributed by atoms with Gasteiger partial charge in [-0.25, -0.2) is 18.7 Å². The van der Waals surface area contributed by atoms with Crippen LogP contribution in [-0.2, 0) is 6.18 Å². The molecule has 0 bridgehead atoms. The summed E-state index contributed by atoms with van der Waals surface area (Å²) in [6.45, 7) is 2.80. The number of alkyl halides is 5. The number of hydrogen-bond acceptors (Lipinski definition) is 7. The number of halogens is 5. The van der Waals surface area contributed by atoms with Gasteiger partial charge in [0.25, 0.3) is 11.8 Å². The molecule has 1 saturated heterocycles. The van der Waals surface area contributed by atoms with Crippen molar-refractivity contribution < 1.29 is 26.7 Å². The summed E-state index contributed by atoms with van der Waals surface area (Å²) < 4.78 is 67.4. The molecule has 2 heterocycles. The Balaban J connectivity index is 1.84. The van der Waals surface area contributed by atoms with Crippen LogP contribution in [0.15, 0.2) is 29.6 Å². The Morgan fingerprint density at radius 3 is 2.59 bits per heavy atom. The lowest BCUT2D eigenvalue weighted by Crippen LogP contribution is -2.47. The van der Waals surface area contributed by atoms with Crippen molar-refractivity contribution in [2.75, 3.05) is 23.8 Å². The van der Waals surface area contributed by atoms with E-state index in [0.29, 0.717) is 23.6 Å². The van der Waals surface area contributed by atoms with E-state index in [1.54, 1.807) is 26.0 Å². The topological polar surface area (TPSA) is 106 Å². The Labute approximate surface area is 191 Å². The third-order valence-corrected chi connectivity index (χ3v) is 5.28. The standard InChI is InChI=1S/C21H22F5N7O/c1-12-7-13(2)17(32-31-5-4-27)15(8-12)18(34)33-6-3-20(22,23)16(33)11-30-19-28-9-14(10-29-19)21(24,25)26/h4-5,7-10,16,27,32H,3,6,11H2,1-2H3,(H,28,29,30)/b27-4?,31-5-/t16-/m1/s1. The minimum atomic E-state index is -4.62. The maximum atomic E-state index is 14.7. The van der Waals surface area contributed by atoms with Gasteiger partial charge in [-0.3, -0.25) is 10.2 Å². The first-order valence-electron chi connectivity index (χ1n) is 10.2. The summed E-state index contributed by atoms with van der Waals surface area (Å²) in [5.74, 6) is -4.16. The molecule has 3 rings (SSSR count). The number of rotatable bonds is 7. The quantitative estimate of drug-likeness (QED) is 0.312. The lowest BCUT2D eigenvalue weighted by atomic mass is 10.0. The molecule has 1 aromatic heterocycles. The van der Waals surface area contributed by atoms with Crippen LogP contribution in [0.1, 0.15) is 33.5 Å². The van der Waals surface area contributed by atoms with Crippen LogP contribution in [0.5, 0.6) is 0 Å². The summed E-state index contributed by atoms with van der Waals surface area (Å²) in [7, 11) is 0. The lowest BCUT2D eigenvalue weighted by molar-refractivity contribution is -0.138. The van der Waals surface area contributed by atoms with Crippen molar-refractivity contribution in [2.45, 2.75) is 38.4 Å². The molecule has 3 N–H and O–H groups in total. The Hall–Kier alpha value is -3.64. The highest BCUT2D eigenvalue weighted by Gasteiger charge is 2.51. The molecule has 1 aliphatic heterocycles. The van der Waals surface area contributed by atoms with E-state index >= 15 is 0 Å². The van der Waals surface area contributed by atoms with Crippen molar-refractivity contribution in [2.24, 2.45) is 5.10 Å². The van der Waals surface area contributed by atoms with Crippen molar-refractivity contribution >= 4 is 30.0 Å². The molecule has 0 unspecified atom stereocenters. The summed E-state index contributed by atoms with van der Waals surface area (Å²) in [5.41, 5.74) is 3.46. The molecular weight excluding hydrogens is 461 g/mol. The van der Waals surface area contributed by atoms with Crippen LogP contribution < -0.4 is 10.7 Å². The average molecular weight is 483 g/mol. The average Bonchev–Trinajstić information content (AvgIpc) is 3.06. The molecule has 34 heavy (non-hydrogen) atoms. The highest BCUT2D eigenvalue weighted by atomic mass is 19.4. The van der Waals surface area contributed by atoms with Crippen molar-refractivity contribution in [3.8, 4) is 0 Å². The molecule has 0 aliphatic carbocycles. The van der Waals surface area contributed by atoms with Crippen molar-refractivity contribution in [1.29, 1.82) is 5.41 Å². The van der Waals surface area contributed by atoms with Crippen LogP contribution in [0.25, 0.3) is 0 Å². The van der Waals surface area contributed by atoms with E-state index in [9.17, 15) is 26.7 Å². The molecule has 0 radical (unpaired) electrons. The molecule has 1 aliphatic rings. The molecule has 1 atom stereocenters. The second-order valence-electron chi connectivity index (χ2n) is 7.76. The van der Waals surface area contributed by atoms with Gasteiger partial charge in [-0.2, -0.15) is 18.3 Å². The number of aromatic nitrogens is 2. The fraction of sp³-hybridized carbons (Fsp3) is 0.381. The SMILES string of the molecule is Cc1cc(C)c(N/N=C\C=N)c(C(=O)N2CCC(F)(F)[C@H]2CNc2ncc(C(F)(F)F)cn2)c1. The molecule has 0 spiro atoms. The van der Waals surface area contributed by atoms with E-state index in [1.807, 2.05) is 0 Å². The van der Waals surface area contributed by atoms with Gasteiger partial charge in [0, 0.05) is 38.1 Å². The number of carbonyl (C=O) groups is 1. The van der Waals surface area contributed by atoms with Gasteiger partial charge in [-0.1, -0.05) is 6.07 Å². The summed E-state index contributed by atoms with van der Waals surface area (Å²) in [5, 5.41) is 13.3. The Morgan fingerprint density at radius 1 is 1.29 bits per heavy atom. The van der Waals surface area contributed by atoms with Gasteiger partial charge in [0.1, 0.15) is 6.04 Å². The van der Waals surface area contributed by atoms with Gasteiger partial charge in [-0.15, -0.1) is 0 Å². The maximum Gasteiger partial charge on any atom is 0.419 e. The smallest absolute Gasteiger partial charge is 0.352 e. The minimum absolute atomic E-state index is 0.133. The van der Waals surface area contributed by atoms with Crippen molar-refractivity contribution in [3.05, 3.63) is 46.8 Å². The number of nitrogens with zero attached hydrogens (tertiary/aromatic N) is 4. The summed E-state index contributed by atoms with van der Waals surface area (Å²) >= 11 is 0. The predicted octanol–water partition coefficient (Wildman–Crippen LogP) is 4.12. The largest absolute Gasteiger partial charge is 0.419 e. The number of carbonyl (C=O) groups excluding carboxylic acids is 1. The molecule has 2 aromatic rings. The summed E-state index contributed by atoms with van der Waals surface area (Å²) in [6.07, 6.45) is -2.00. The second kappa shape index (κ2) is 9.69. The van der Waals surface area contributed by atoms with Crippen LogP contribution in [0.2, 0.25) is 0 Å². The van der Waals surface area contributed by atoms with E-state index in [0.717, 1.165) is 22.9 Å². The maximum absolute atomic E-state index is 14.7. The normalized spacial score (nSPS) is 17.7. The second-order valence-corrected chi connectivity index (χ2v) is 7.76. The van der Waals surface area contributed by atoms with Crippen molar-refractivity contribution in [1.82, 2.24) is 14.9 Å². The fourth-order valence-corrected chi connectivity index (χ4v) is 3.65. The zero-order chi connectivity index (χ0) is 25.1. The molecule has 1 fully saturated rings. The van der Waals surface area contributed by atoms with Crippen LogP contribution in [0, 0.1) is 19.3 Å². The third-order valence-electron chi connectivity index (χ3n) is 5.28. The monoisotopic (exact) mass is 483 g/mol. The van der Waals surface area contributed by atoms with Gasteiger partial charge >= 0.3 is 6.18 Å². The number of likely N-dealkylation sites (tertiary alicyclic amines) is 1. The molecule has 8 nitrogen and oxygen atoms in total. The van der Waals surface area contributed by atoms with E-state index in [1.165, 1.54) is 0 Å². The zero-order valence-corrected chi connectivity index (χ0v) is 18.2. The van der Waals surface area contributed by atoms with E-state index < -0.39 is 42.6 Å². The highest BCUT2D eigenvalue weighted by Crippen LogP contribution is 2.36. The summed E-state index contributed by atoms with van der Waals surface area (Å²) in [4.78, 5) is 21.4. The van der Waals surface area contributed by atoms with Crippen LogP contribution in [0.3, 0.4) is 0 Å². The van der Waals surface area contributed by atoms with E-state index in [-0.39, 0.29) is 18.1 Å². The molecule has 0 saturated carbocycles.